The number of hydroxylamine groups is 2. The van der Waals surface area contributed by atoms with E-state index in [0.29, 0.717) is 11.3 Å². The highest BCUT2D eigenvalue weighted by Gasteiger charge is 2.48. The lowest BCUT2D eigenvalue weighted by Gasteiger charge is -2.29. The fraction of sp³-hybridized carbons (Fsp3) is 0.576. The van der Waals surface area contributed by atoms with Gasteiger partial charge in [-0.15, -0.1) is 0 Å². The van der Waals surface area contributed by atoms with Crippen molar-refractivity contribution in [1.82, 2.24) is 15.3 Å². The minimum atomic E-state index is -0.868. The third kappa shape index (κ3) is 8.70. The summed E-state index contributed by atoms with van der Waals surface area (Å²) in [6.45, 7) is 9.15. The molecule has 0 aliphatic carbocycles. The molecule has 2 aromatic carbocycles. The average Bonchev–Trinajstić information content (AvgIpc) is 3.30. The van der Waals surface area contributed by atoms with Crippen LogP contribution < -0.4 is 26.4 Å². The molecule has 1 heterocycles. The van der Waals surface area contributed by atoms with Crippen molar-refractivity contribution >= 4 is 17.5 Å². The number of hydrogen-bond acceptors (Lipinski definition) is 9. The number of nitrogens with zero attached hydrogens (tertiary/aromatic N) is 3. The molecule has 11 heteroatoms. The molecule has 1 aliphatic rings. The van der Waals surface area contributed by atoms with Gasteiger partial charge in [0, 0.05) is 61.5 Å². The highest BCUT2D eigenvalue weighted by molar-refractivity contribution is 5.97. The molecule has 2 aromatic rings. The molecule has 244 valence electrons. The average molecular weight is 613 g/mol. The van der Waals surface area contributed by atoms with E-state index < -0.39 is 30.1 Å². The molecular weight excluding hydrogens is 560 g/mol. The number of anilines is 1. The summed E-state index contributed by atoms with van der Waals surface area (Å²) < 4.78 is 5.94. The van der Waals surface area contributed by atoms with E-state index in [1.165, 1.54) is 5.06 Å². The van der Waals surface area contributed by atoms with Gasteiger partial charge in [0.1, 0.15) is 11.8 Å². The van der Waals surface area contributed by atoms with Gasteiger partial charge in [-0.1, -0.05) is 39.0 Å². The molecule has 0 radical (unpaired) electrons. The number of hydrogen-bond donors (Lipinski definition) is 4. The number of benzene rings is 2. The van der Waals surface area contributed by atoms with Gasteiger partial charge < -0.3 is 36.4 Å². The maximum absolute atomic E-state index is 13.7. The zero-order valence-electron chi connectivity index (χ0n) is 27.8. The summed E-state index contributed by atoms with van der Waals surface area (Å²) in [4.78, 5) is 36.3. The van der Waals surface area contributed by atoms with Crippen LogP contribution in [0.25, 0.3) is 11.1 Å². The first kappa shape index (κ1) is 35.3. The molecule has 5 atom stereocenters. The molecule has 1 saturated heterocycles. The fourth-order valence-electron chi connectivity index (χ4n) is 6.06. The number of aliphatic hydroxyl groups is 1. The number of primary amides is 1. The predicted molar refractivity (Wildman–Crippen MR) is 174 cm³/mol. The molecule has 0 bridgehead atoms. The van der Waals surface area contributed by atoms with Crippen molar-refractivity contribution in [2.75, 3.05) is 53.3 Å². The van der Waals surface area contributed by atoms with Gasteiger partial charge in [-0.25, -0.2) is 0 Å². The minimum Gasteiger partial charge on any atom is -0.496 e. The third-order valence-electron chi connectivity index (χ3n) is 7.87. The van der Waals surface area contributed by atoms with Crippen molar-refractivity contribution in [3.8, 4) is 16.9 Å². The topological polar surface area (TPSA) is 147 Å². The molecule has 0 aromatic heterocycles. The number of amides is 2. The highest BCUT2D eigenvalue weighted by Crippen LogP contribution is 2.38. The first-order chi connectivity index (χ1) is 20.6. The lowest BCUT2D eigenvalue weighted by atomic mass is 9.87. The maximum Gasteiger partial charge on any atom is 0.251 e. The van der Waals surface area contributed by atoms with Crippen LogP contribution in [0.1, 0.15) is 50.0 Å². The lowest BCUT2D eigenvalue weighted by molar-refractivity contribution is -0.172. The maximum atomic E-state index is 13.7. The summed E-state index contributed by atoms with van der Waals surface area (Å²) in [7, 11) is 9.46. The molecular formula is C33H52N6O5. The van der Waals surface area contributed by atoms with Crippen LogP contribution in [0.4, 0.5) is 5.69 Å². The van der Waals surface area contributed by atoms with E-state index in [0.717, 1.165) is 35.3 Å². The van der Waals surface area contributed by atoms with Gasteiger partial charge in [0.15, 0.2) is 0 Å². The largest absolute Gasteiger partial charge is 0.496 e. The minimum absolute atomic E-state index is 0.0247. The van der Waals surface area contributed by atoms with Crippen molar-refractivity contribution in [3.63, 3.8) is 0 Å². The summed E-state index contributed by atoms with van der Waals surface area (Å²) in [5.41, 5.74) is 15.5. The number of nitrogens with one attached hydrogen (secondary N) is 1. The highest BCUT2D eigenvalue weighted by atomic mass is 16.7. The number of likely N-dealkylation sites (N-methyl/N-ethyl adjacent to an activating group) is 1. The van der Waals surface area contributed by atoms with E-state index in [9.17, 15) is 14.7 Å². The van der Waals surface area contributed by atoms with E-state index in [-0.39, 0.29) is 30.5 Å². The number of rotatable bonds is 13. The molecule has 2 amide bonds. The Morgan fingerprint density at radius 2 is 1.84 bits per heavy atom. The monoisotopic (exact) mass is 612 g/mol. The number of methoxy groups -OCH3 is 1. The molecule has 0 spiro atoms. The first-order valence-electron chi connectivity index (χ1n) is 15.1. The van der Waals surface area contributed by atoms with E-state index in [1.807, 2.05) is 69.5 Å². The van der Waals surface area contributed by atoms with Crippen LogP contribution >= 0.6 is 0 Å². The number of para-hydroxylation sites is 1. The van der Waals surface area contributed by atoms with Gasteiger partial charge in [-0.05, 0) is 56.6 Å². The van der Waals surface area contributed by atoms with Gasteiger partial charge in [-0.2, -0.15) is 5.06 Å². The first-order valence-corrected chi connectivity index (χ1v) is 15.1. The van der Waals surface area contributed by atoms with Crippen LogP contribution in [0.2, 0.25) is 0 Å². The van der Waals surface area contributed by atoms with Gasteiger partial charge in [-0.3, -0.25) is 14.4 Å². The van der Waals surface area contributed by atoms with E-state index in [4.69, 9.17) is 21.0 Å². The van der Waals surface area contributed by atoms with E-state index in [2.05, 4.69) is 31.0 Å². The number of nitrogens with two attached hydrogens (primary N) is 2. The summed E-state index contributed by atoms with van der Waals surface area (Å²) in [5, 5.41) is 15.2. The van der Waals surface area contributed by atoms with Crippen LogP contribution in [0.15, 0.2) is 36.4 Å². The van der Waals surface area contributed by atoms with Crippen molar-refractivity contribution in [3.05, 3.63) is 47.5 Å². The van der Waals surface area contributed by atoms with Crippen molar-refractivity contribution < 1.29 is 24.3 Å². The molecule has 1 fully saturated rings. The van der Waals surface area contributed by atoms with Gasteiger partial charge >= 0.3 is 0 Å². The molecule has 6 N–H and O–H groups in total. The lowest BCUT2D eigenvalue weighted by Crippen LogP contribution is -2.47. The van der Waals surface area contributed by atoms with Crippen molar-refractivity contribution in [2.45, 2.75) is 65.0 Å². The van der Waals surface area contributed by atoms with Crippen LogP contribution in [0.5, 0.6) is 5.75 Å². The molecule has 1 unspecified atom stereocenters. The Morgan fingerprint density at radius 1 is 1.16 bits per heavy atom. The van der Waals surface area contributed by atoms with E-state index in [1.54, 1.807) is 14.0 Å². The quantitative estimate of drug-likeness (QED) is 0.268. The van der Waals surface area contributed by atoms with Crippen LogP contribution in [-0.2, 0) is 16.2 Å². The molecule has 3 rings (SSSR count). The van der Waals surface area contributed by atoms with Crippen molar-refractivity contribution in [2.24, 2.45) is 22.8 Å². The summed E-state index contributed by atoms with van der Waals surface area (Å²) in [5.74, 6) is -0.744. The Balaban J connectivity index is 2.02. The second-order valence-electron chi connectivity index (χ2n) is 13.5. The Labute approximate surface area is 262 Å². The van der Waals surface area contributed by atoms with Crippen LogP contribution in [-0.4, -0.2) is 99.6 Å². The number of carbonyl (C=O) groups is 2. The van der Waals surface area contributed by atoms with Crippen LogP contribution in [0.3, 0.4) is 0 Å². The van der Waals surface area contributed by atoms with Gasteiger partial charge in [0.2, 0.25) is 5.91 Å². The third-order valence-corrected chi connectivity index (χ3v) is 7.87. The Morgan fingerprint density at radius 3 is 2.36 bits per heavy atom. The molecule has 0 saturated carbocycles. The summed E-state index contributed by atoms with van der Waals surface area (Å²) >= 11 is 0. The normalized spacial score (nSPS) is 20.4. The standard InChI is InChI=1S/C33H52N6O5/c1-20(40)28-27(17-34)44-39(29(28)31(35)41)18-21-11-10-12-26(30(21)43-9)22-13-23(15-25(14-22)38(7)8)32(42)36-24(19-37(5)6)16-33(2,3)4/h10-15,20,24,27-29,40H,16-19,34H2,1-9H3,(H2,35,41)(H,36,42)/t20-,24-,27-,28?,29-/m0/s1. The second kappa shape index (κ2) is 14.7. The Kier molecular flexibility index (Phi) is 11.8. The Hall–Kier alpha value is -3.22. The number of carbonyl (C=O) groups excluding carboxylic acids is 2. The fourth-order valence-corrected chi connectivity index (χ4v) is 6.06. The smallest absolute Gasteiger partial charge is 0.251 e. The molecule has 1 aliphatic heterocycles. The van der Waals surface area contributed by atoms with Crippen molar-refractivity contribution in [1.29, 1.82) is 0 Å². The van der Waals surface area contributed by atoms with Crippen LogP contribution in [0, 0.1) is 11.3 Å². The van der Waals surface area contributed by atoms with E-state index >= 15 is 0 Å². The number of aliphatic hydroxyl groups excluding tert-OH is 1. The summed E-state index contributed by atoms with van der Waals surface area (Å²) in [6, 6.07) is 10.6. The zero-order chi connectivity index (χ0) is 32.9. The second-order valence-corrected chi connectivity index (χ2v) is 13.5. The molecule has 11 nitrogen and oxygen atoms in total. The van der Waals surface area contributed by atoms with Gasteiger partial charge in [0.05, 0.1) is 25.9 Å². The zero-order valence-corrected chi connectivity index (χ0v) is 27.8. The number of ether oxygens (including phenoxy) is 1. The summed E-state index contributed by atoms with van der Waals surface area (Å²) in [6.07, 6.45) is -0.578. The Bertz CT molecular complexity index is 1290. The van der Waals surface area contributed by atoms with Gasteiger partial charge in [0.25, 0.3) is 5.91 Å². The SMILES string of the molecule is COc1c(CN2O[C@@H](CN)C([C@H](C)O)[C@H]2C(N)=O)cccc1-c1cc(C(=O)N[C@H](CN(C)C)CC(C)(C)C)cc(N(C)C)c1. The predicted octanol–water partition coefficient (Wildman–Crippen LogP) is 2.45. The molecule has 44 heavy (non-hydrogen) atoms.